The highest BCUT2D eigenvalue weighted by molar-refractivity contribution is 5.78. The standard InChI is InChI=1S/C14H22N4/c1-11(12-7-9-16-10-8-12)17-14(15)18-13-5-3-2-4-6-13/h7-11,13H,2-6H2,1H3,(H3,15,17,18). The van der Waals surface area contributed by atoms with E-state index in [1.54, 1.807) is 12.4 Å². The zero-order valence-electron chi connectivity index (χ0n) is 11.0. The molecule has 1 aliphatic rings. The molecule has 0 aliphatic heterocycles. The van der Waals surface area contributed by atoms with E-state index < -0.39 is 0 Å². The first kappa shape index (κ1) is 12.9. The number of aromatic nitrogens is 1. The van der Waals surface area contributed by atoms with E-state index in [1.807, 2.05) is 12.1 Å². The quantitative estimate of drug-likeness (QED) is 0.636. The van der Waals surface area contributed by atoms with E-state index in [9.17, 15) is 0 Å². The molecule has 2 rings (SSSR count). The molecule has 1 aliphatic carbocycles. The normalized spacial score (nSPS) is 19.5. The Morgan fingerprint density at radius 3 is 2.67 bits per heavy atom. The summed E-state index contributed by atoms with van der Waals surface area (Å²) in [6, 6.07) is 4.56. The summed E-state index contributed by atoms with van der Waals surface area (Å²) < 4.78 is 0. The van der Waals surface area contributed by atoms with Crippen LogP contribution in [0, 0.1) is 0 Å². The Kier molecular flexibility index (Phi) is 4.56. The molecule has 1 atom stereocenters. The van der Waals surface area contributed by atoms with Crippen molar-refractivity contribution in [1.82, 2.24) is 10.3 Å². The first-order valence-electron chi connectivity index (χ1n) is 6.75. The van der Waals surface area contributed by atoms with Crippen LogP contribution in [0.4, 0.5) is 0 Å². The highest BCUT2D eigenvalue weighted by Gasteiger charge is 2.13. The lowest BCUT2D eigenvalue weighted by atomic mass is 9.96. The Morgan fingerprint density at radius 1 is 1.33 bits per heavy atom. The van der Waals surface area contributed by atoms with E-state index in [0.29, 0.717) is 12.0 Å². The molecule has 1 aromatic heterocycles. The van der Waals surface area contributed by atoms with Crippen LogP contribution in [0.15, 0.2) is 29.5 Å². The number of pyridine rings is 1. The predicted molar refractivity (Wildman–Crippen MR) is 74.3 cm³/mol. The summed E-state index contributed by atoms with van der Waals surface area (Å²) in [6.45, 7) is 2.08. The van der Waals surface area contributed by atoms with Crippen LogP contribution in [-0.4, -0.2) is 17.0 Å². The van der Waals surface area contributed by atoms with Crippen LogP contribution in [0.25, 0.3) is 0 Å². The van der Waals surface area contributed by atoms with Gasteiger partial charge in [0.25, 0.3) is 0 Å². The highest BCUT2D eigenvalue weighted by atomic mass is 15.1. The van der Waals surface area contributed by atoms with E-state index in [2.05, 4.69) is 22.2 Å². The monoisotopic (exact) mass is 246 g/mol. The van der Waals surface area contributed by atoms with Crippen molar-refractivity contribution >= 4 is 5.96 Å². The second kappa shape index (κ2) is 6.38. The smallest absolute Gasteiger partial charge is 0.189 e. The van der Waals surface area contributed by atoms with E-state index >= 15 is 0 Å². The van der Waals surface area contributed by atoms with Gasteiger partial charge in [-0.1, -0.05) is 19.3 Å². The number of hydrogen-bond donors (Lipinski definition) is 2. The van der Waals surface area contributed by atoms with Crippen LogP contribution in [0.1, 0.15) is 50.6 Å². The maximum Gasteiger partial charge on any atom is 0.189 e. The summed E-state index contributed by atoms with van der Waals surface area (Å²) in [4.78, 5) is 8.58. The molecule has 4 heteroatoms. The predicted octanol–water partition coefficient (Wildman–Crippen LogP) is 2.38. The molecule has 1 unspecified atom stereocenters. The first-order valence-corrected chi connectivity index (χ1v) is 6.75. The van der Waals surface area contributed by atoms with Gasteiger partial charge in [-0.2, -0.15) is 0 Å². The Balaban J connectivity index is 1.90. The summed E-state index contributed by atoms with van der Waals surface area (Å²) in [5.41, 5.74) is 7.14. The number of aliphatic imine (C=N–C) groups is 1. The average molecular weight is 246 g/mol. The third-order valence-corrected chi connectivity index (χ3v) is 3.47. The molecule has 98 valence electrons. The summed E-state index contributed by atoms with van der Waals surface area (Å²) in [5.74, 6) is 0.561. The minimum absolute atomic E-state index is 0.167. The van der Waals surface area contributed by atoms with E-state index in [4.69, 9.17) is 5.73 Å². The zero-order valence-corrected chi connectivity index (χ0v) is 11.0. The summed E-state index contributed by atoms with van der Waals surface area (Å²) >= 11 is 0. The van der Waals surface area contributed by atoms with Crippen molar-refractivity contribution in [2.45, 2.75) is 51.1 Å². The van der Waals surface area contributed by atoms with Crippen LogP contribution in [-0.2, 0) is 0 Å². The molecule has 0 saturated heterocycles. The molecule has 4 nitrogen and oxygen atoms in total. The molecule has 0 aromatic carbocycles. The molecule has 1 fully saturated rings. The fourth-order valence-electron chi connectivity index (χ4n) is 2.40. The lowest BCUT2D eigenvalue weighted by Crippen LogP contribution is -2.35. The van der Waals surface area contributed by atoms with Gasteiger partial charge in [-0.05, 0) is 37.5 Å². The van der Waals surface area contributed by atoms with Gasteiger partial charge in [0, 0.05) is 12.4 Å². The Labute approximate surface area is 109 Å². The Morgan fingerprint density at radius 2 is 2.00 bits per heavy atom. The third-order valence-electron chi connectivity index (χ3n) is 3.47. The van der Waals surface area contributed by atoms with Crippen LogP contribution in [0.2, 0.25) is 0 Å². The number of nitrogens with zero attached hydrogens (tertiary/aromatic N) is 2. The van der Waals surface area contributed by atoms with Gasteiger partial charge in [0.15, 0.2) is 5.96 Å². The molecule has 0 amide bonds. The molecular formula is C14H22N4. The van der Waals surface area contributed by atoms with Crippen molar-refractivity contribution in [3.63, 3.8) is 0 Å². The molecule has 0 bridgehead atoms. The SMILES string of the molecule is CC(NC(N)=NC1CCCCC1)c1ccncc1. The lowest BCUT2D eigenvalue weighted by Gasteiger charge is -2.20. The molecular weight excluding hydrogens is 224 g/mol. The molecule has 0 radical (unpaired) electrons. The maximum atomic E-state index is 5.97. The number of nitrogens with one attached hydrogen (secondary N) is 1. The molecule has 1 heterocycles. The van der Waals surface area contributed by atoms with Crippen molar-refractivity contribution in [3.8, 4) is 0 Å². The van der Waals surface area contributed by atoms with Gasteiger partial charge in [0.2, 0.25) is 0 Å². The van der Waals surface area contributed by atoms with Crippen LogP contribution in [0.3, 0.4) is 0 Å². The molecule has 0 spiro atoms. The first-order chi connectivity index (χ1) is 8.75. The maximum absolute atomic E-state index is 5.97. The summed E-state index contributed by atoms with van der Waals surface area (Å²) in [6.07, 6.45) is 9.83. The largest absolute Gasteiger partial charge is 0.370 e. The van der Waals surface area contributed by atoms with Crippen molar-refractivity contribution in [2.75, 3.05) is 0 Å². The van der Waals surface area contributed by atoms with Crippen LogP contribution >= 0.6 is 0 Å². The van der Waals surface area contributed by atoms with Gasteiger partial charge in [0.1, 0.15) is 0 Å². The molecule has 1 saturated carbocycles. The fraction of sp³-hybridized carbons (Fsp3) is 0.571. The fourth-order valence-corrected chi connectivity index (χ4v) is 2.40. The van der Waals surface area contributed by atoms with Gasteiger partial charge in [-0.15, -0.1) is 0 Å². The number of hydrogen-bond acceptors (Lipinski definition) is 2. The van der Waals surface area contributed by atoms with Crippen molar-refractivity contribution in [1.29, 1.82) is 0 Å². The van der Waals surface area contributed by atoms with Crippen molar-refractivity contribution < 1.29 is 0 Å². The molecule has 18 heavy (non-hydrogen) atoms. The van der Waals surface area contributed by atoms with Gasteiger partial charge in [-0.3, -0.25) is 9.98 Å². The van der Waals surface area contributed by atoms with Crippen LogP contribution in [0.5, 0.6) is 0 Å². The summed E-state index contributed by atoms with van der Waals surface area (Å²) in [5, 5.41) is 3.24. The van der Waals surface area contributed by atoms with E-state index in [-0.39, 0.29) is 6.04 Å². The van der Waals surface area contributed by atoms with Crippen molar-refractivity contribution in [3.05, 3.63) is 30.1 Å². The Bertz CT molecular complexity index is 382. The van der Waals surface area contributed by atoms with E-state index in [1.165, 1.54) is 37.7 Å². The number of guanidine groups is 1. The summed E-state index contributed by atoms with van der Waals surface area (Å²) in [7, 11) is 0. The Hall–Kier alpha value is -1.58. The zero-order chi connectivity index (χ0) is 12.8. The second-order valence-corrected chi connectivity index (χ2v) is 4.95. The van der Waals surface area contributed by atoms with Gasteiger partial charge >= 0.3 is 0 Å². The number of rotatable bonds is 3. The number of nitrogens with two attached hydrogens (primary N) is 1. The van der Waals surface area contributed by atoms with Gasteiger partial charge < -0.3 is 11.1 Å². The topological polar surface area (TPSA) is 63.3 Å². The minimum atomic E-state index is 0.167. The van der Waals surface area contributed by atoms with E-state index in [0.717, 1.165) is 0 Å². The third kappa shape index (κ3) is 3.72. The van der Waals surface area contributed by atoms with Crippen molar-refractivity contribution in [2.24, 2.45) is 10.7 Å². The second-order valence-electron chi connectivity index (χ2n) is 4.95. The lowest BCUT2D eigenvalue weighted by molar-refractivity contribution is 0.441. The molecule has 3 N–H and O–H groups in total. The van der Waals surface area contributed by atoms with Crippen LogP contribution < -0.4 is 11.1 Å². The average Bonchev–Trinajstić information content (AvgIpc) is 2.40. The highest BCUT2D eigenvalue weighted by Crippen LogP contribution is 2.20. The molecule has 1 aromatic rings. The minimum Gasteiger partial charge on any atom is -0.370 e. The van der Waals surface area contributed by atoms with Gasteiger partial charge in [0.05, 0.1) is 12.1 Å². The van der Waals surface area contributed by atoms with Gasteiger partial charge in [-0.25, -0.2) is 0 Å².